The molecule has 0 spiro atoms. The Morgan fingerprint density at radius 2 is 1.75 bits per heavy atom. The smallest absolute Gasteiger partial charge is 0.374 e. The fraction of sp³-hybridized carbons (Fsp3) is 0.417. The largest absolute Gasteiger partial charge is 0.418 e. The Bertz CT molecular complexity index is 480. The highest BCUT2D eigenvalue weighted by Gasteiger charge is 2.35. The van der Waals surface area contributed by atoms with Crippen LogP contribution < -0.4 is 4.90 Å². The van der Waals surface area contributed by atoms with Gasteiger partial charge in [-0.3, -0.25) is 4.79 Å². The number of anilines is 1. The Balaban J connectivity index is 3.07. The molecule has 0 radical (unpaired) electrons. The van der Waals surface area contributed by atoms with Gasteiger partial charge in [-0.25, -0.2) is 0 Å². The number of hydrogen-bond acceptors (Lipinski definition) is 2. The average molecular weight is 299 g/mol. The first-order chi connectivity index (χ1) is 9.04. The lowest BCUT2D eigenvalue weighted by Gasteiger charge is -2.24. The lowest BCUT2D eigenvalue weighted by atomic mass is 10.1. The Labute approximate surface area is 111 Å². The van der Waals surface area contributed by atoms with E-state index in [4.69, 9.17) is 0 Å². The summed E-state index contributed by atoms with van der Waals surface area (Å²) in [5.74, 6) is 0. The summed E-state index contributed by atoms with van der Waals surface area (Å²) in [6, 6.07) is 2.73. The highest BCUT2D eigenvalue weighted by molar-refractivity contribution is 5.77. The SMILES string of the molecule is CN(CCC(F)(F)F)c1ccc(C=O)cc1C(F)(F)F. The number of hydrogen-bond donors (Lipinski definition) is 0. The van der Waals surface area contributed by atoms with Crippen molar-refractivity contribution in [2.24, 2.45) is 0 Å². The average Bonchev–Trinajstić information content (AvgIpc) is 2.33. The number of carbonyl (C=O) groups excluding carboxylic acids is 1. The van der Waals surface area contributed by atoms with E-state index in [1.165, 1.54) is 0 Å². The van der Waals surface area contributed by atoms with Crippen LogP contribution in [0.2, 0.25) is 0 Å². The summed E-state index contributed by atoms with van der Waals surface area (Å²) in [7, 11) is 1.14. The van der Waals surface area contributed by atoms with Crippen LogP contribution in [0.15, 0.2) is 18.2 Å². The third-order valence-corrected chi connectivity index (χ3v) is 2.60. The van der Waals surface area contributed by atoms with Crippen molar-refractivity contribution < 1.29 is 31.1 Å². The summed E-state index contributed by atoms with van der Waals surface area (Å²) >= 11 is 0. The first-order valence-corrected chi connectivity index (χ1v) is 5.49. The van der Waals surface area contributed by atoms with E-state index in [-0.39, 0.29) is 11.8 Å². The van der Waals surface area contributed by atoms with Gasteiger partial charge >= 0.3 is 12.4 Å². The first-order valence-electron chi connectivity index (χ1n) is 5.49. The third-order valence-electron chi connectivity index (χ3n) is 2.60. The lowest BCUT2D eigenvalue weighted by Crippen LogP contribution is -2.26. The van der Waals surface area contributed by atoms with E-state index in [9.17, 15) is 31.1 Å². The van der Waals surface area contributed by atoms with Gasteiger partial charge in [-0.1, -0.05) is 0 Å². The van der Waals surface area contributed by atoms with E-state index >= 15 is 0 Å². The van der Waals surface area contributed by atoms with Crippen molar-refractivity contribution in [2.45, 2.75) is 18.8 Å². The lowest BCUT2D eigenvalue weighted by molar-refractivity contribution is -0.137. The molecular formula is C12H11F6NO. The predicted molar refractivity (Wildman–Crippen MR) is 60.8 cm³/mol. The standard InChI is InChI=1S/C12H11F6NO/c1-19(5-4-11(13,14)15)10-3-2-8(7-20)6-9(10)12(16,17)18/h2-3,6-7H,4-5H2,1H3. The number of rotatable bonds is 4. The molecule has 0 fully saturated rings. The number of nitrogens with zero attached hydrogens (tertiary/aromatic N) is 1. The predicted octanol–water partition coefficient (Wildman–Crippen LogP) is 3.91. The van der Waals surface area contributed by atoms with E-state index in [0.717, 1.165) is 24.1 Å². The van der Waals surface area contributed by atoms with Crippen LogP contribution in [0, 0.1) is 0 Å². The van der Waals surface area contributed by atoms with E-state index in [0.29, 0.717) is 6.07 Å². The van der Waals surface area contributed by atoms with Crippen molar-refractivity contribution in [1.29, 1.82) is 0 Å². The van der Waals surface area contributed by atoms with Gasteiger partial charge in [0, 0.05) is 24.8 Å². The van der Waals surface area contributed by atoms with E-state index < -0.39 is 36.6 Å². The molecule has 0 heterocycles. The molecule has 0 saturated carbocycles. The van der Waals surface area contributed by atoms with Gasteiger partial charge in [0.1, 0.15) is 6.29 Å². The van der Waals surface area contributed by atoms with E-state index in [1.54, 1.807) is 0 Å². The zero-order valence-corrected chi connectivity index (χ0v) is 10.3. The molecule has 112 valence electrons. The van der Waals surface area contributed by atoms with Gasteiger partial charge in [0.25, 0.3) is 0 Å². The molecule has 1 rings (SSSR count). The molecule has 0 aromatic heterocycles. The summed E-state index contributed by atoms with van der Waals surface area (Å²) in [6.45, 7) is -0.604. The van der Waals surface area contributed by atoms with Crippen molar-refractivity contribution >= 4 is 12.0 Å². The Morgan fingerprint density at radius 1 is 1.15 bits per heavy atom. The molecule has 1 aromatic rings. The maximum atomic E-state index is 12.8. The van der Waals surface area contributed by atoms with Crippen LogP contribution >= 0.6 is 0 Å². The van der Waals surface area contributed by atoms with Gasteiger partial charge in [-0.15, -0.1) is 0 Å². The second-order valence-corrected chi connectivity index (χ2v) is 4.18. The second kappa shape index (κ2) is 5.72. The normalized spacial score (nSPS) is 12.3. The molecular weight excluding hydrogens is 288 g/mol. The molecule has 0 aliphatic carbocycles. The Hall–Kier alpha value is -1.73. The number of carbonyl (C=O) groups is 1. The number of benzene rings is 1. The van der Waals surface area contributed by atoms with Crippen molar-refractivity contribution in [3.63, 3.8) is 0 Å². The summed E-state index contributed by atoms with van der Waals surface area (Å²) in [6.07, 6.45) is -10.2. The highest BCUT2D eigenvalue weighted by atomic mass is 19.4. The van der Waals surface area contributed by atoms with Gasteiger partial charge in [0.15, 0.2) is 0 Å². The van der Waals surface area contributed by atoms with Crippen LogP contribution in [0.5, 0.6) is 0 Å². The molecule has 0 unspecified atom stereocenters. The van der Waals surface area contributed by atoms with Gasteiger partial charge < -0.3 is 4.90 Å². The number of aldehydes is 1. The summed E-state index contributed by atoms with van der Waals surface area (Å²) in [5, 5.41) is 0. The van der Waals surface area contributed by atoms with Crippen LogP contribution in [0.4, 0.5) is 32.0 Å². The van der Waals surface area contributed by atoms with Crippen LogP contribution in [0.3, 0.4) is 0 Å². The maximum Gasteiger partial charge on any atom is 0.418 e. The molecule has 0 saturated heterocycles. The molecule has 2 nitrogen and oxygen atoms in total. The van der Waals surface area contributed by atoms with Crippen molar-refractivity contribution in [3.05, 3.63) is 29.3 Å². The molecule has 0 N–H and O–H groups in total. The zero-order chi connectivity index (χ0) is 15.6. The second-order valence-electron chi connectivity index (χ2n) is 4.18. The van der Waals surface area contributed by atoms with Gasteiger partial charge in [0.2, 0.25) is 0 Å². The molecule has 0 bridgehead atoms. The van der Waals surface area contributed by atoms with Crippen LogP contribution in [0.25, 0.3) is 0 Å². The Morgan fingerprint density at radius 3 is 2.20 bits per heavy atom. The highest BCUT2D eigenvalue weighted by Crippen LogP contribution is 2.37. The van der Waals surface area contributed by atoms with Gasteiger partial charge in [-0.2, -0.15) is 26.3 Å². The van der Waals surface area contributed by atoms with Crippen LogP contribution in [-0.2, 0) is 6.18 Å². The number of alkyl halides is 6. The Kier molecular flexibility index (Phi) is 4.67. The maximum absolute atomic E-state index is 12.8. The van der Waals surface area contributed by atoms with Crippen LogP contribution in [-0.4, -0.2) is 26.1 Å². The third kappa shape index (κ3) is 4.43. The topological polar surface area (TPSA) is 20.3 Å². The fourth-order valence-corrected chi connectivity index (χ4v) is 1.60. The minimum Gasteiger partial charge on any atom is -0.374 e. The van der Waals surface area contributed by atoms with Crippen molar-refractivity contribution in [3.8, 4) is 0 Å². The van der Waals surface area contributed by atoms with Crippen LogP contribution in [0.1, 0.15) is 22.3 Å². The van der Waals surface area contributed by atoms with Gasteiger partial charge in [0.05, 0.1) is 12.0 Å². The first kappa shape index (κ1) is 16.3. The van der Waals surface area contributed by atoms with Crippen molar-refractivity contribution in [2.75, 3.05) is 18.5 Å². The summed E-state index contributed by atoms with van der Waals surface area (Å²) in [5.41, 5.74) is -1.72. The molecule has 0 amide bonds. The fourth-order valence-electron chi connectivity index (χ4n) is 1.60. The van der Waals surface area contributed by atoms with Crippen molar-refractivity contribution in [1.82, 2.24) is 0 Å². The minimum atomic E-state index is -4.75. The molecule has 1 aromatic carbocycles. The number of halogens is 6. The quantitative estimate of drug-likeness (QED) is 0.620. The molecule has 0 aliphatic heterocycles. The molecule has 0 aliphatic rings. The van der Waals surface area contributed by atoms with E-state index in [2.05, 4.69) is 0 Å². The molecule has 20 heavy (non-hydrogen) atoms. The van der Waals surface area contributed by atoms with E-state index in [1.807, 2.05) is 0 Å². The minimum absolute atomic E-state index is 0.190. The summed E-state index contributed by atoms with van der Waals surface area (Å²) < 4.78 is 74.8. The zero-order valence-electron chi connectivity index (χ0n) is 10.3. The monoisotopic (exact) mass is 299 g/mol. The summed E-state index contributed by atoms with van der Waals surface area (Å²) in [4.78, 5) is 11.4. The molecule has 0 atom stereocenters. The molecule has 8 heteroatoms. The van der Waals surface area contributed by atoms with Gasteiger partial charge in [-0.05, 0) is 18.2 Å².